The Morgan fingerprint density at radius 2 is 1.38 bits per heavy atom. The molecular formula is C20H40O. The van der Waals surface area contributed by atoms with Crippen molar-refractivity contribution < 1.29 is 5.11 Å². The summed E-state index contributed by atoms with van der Waals surface area (Å²) in [5, 5.41) is 10.4. The number of hydrogen-bond donors (Lipinski definition) is 1. The maximum absolute atomic E-state index is 10.4. The van der Waals surface area contributed by atoms with Crippen LogP contribution in [-0.2, 0) is 0 Å². The molecule has 126 valence electrons. The number of hydrogen-bond acceptors (Lipinski definition) is 1. The molecule has 0 amide bonds. The van der Waals surface area contributed by atoms with Gasteiger partial charge in [0.1, 0.15) is 0 Å². The van der Waals surface area contributed by atoms with Gasteiger partial charge in [0.2, 0.25) is 0 Å². The number of rotatable bonds is 9. The molecule has 0 aromatic carbocycles. The molecule has 0 heterocycles. The third kappa shape index (κ3) is 7.68. The fourth-order valence-electron chi connectivity index (χ4n) is 3.92. The lowest BCUT2D eigenvalue weighted by molar-refractivity contribution is 0.0465. The molecule has 0 bridgehead atoms. The van der Waals surface area contributed by atoms with Gasteiger partial charge in [-0.15, -0.1) is 0 Å². The van der Waals surface area contributed by atoms with Gasteiger partial charge in [-0.1, -0.05) is 72.6 Å². The molecule has 0 aromatic rings. The van der Waals surface area contributed by atoms with Gasteiger partial charge in [-0.3, -0.25) is 0 Å². The molecular weight excluding hydrogens is 256 g/mol. The van der Waals surface area contributed by atoms with Crippen LogP contribution in [-0.4, -0.2) is 11.2 Å². The second kappa shape index (κ2) is 9.87. The van der Waals surface area contributed by atoms with E-state index in [2.05, 4.69) is 27.7 Å². The number of aliphatic hydroxyl groups excluding tert-OH is 1. The van der Waals surface area contributed by atoms with Crippen molar-refractivity contribution >= 4 is 0 Å². The van der Waals surface area contributed by atoms with Gasteiger partial charge in [0.05, 0.1) is 6.10 Å². The van der Waals surface area contributed by atoms with E-state index in [0.717, 1.165) is 12.3 Å². The van der Waals surface area contributed by atoms with E-state index in [9.17, 15) is 5.11 Å². The van der Waals surface area contributed by atoms with Crippen LogP contribution in [0.1, 0.15) is 105 Å². The van der Waals surface area contributed by atoms with E-state index < -0.39 is 0 Å². The van der Waals surface area contributed by atoms with E-state index in [1.54, 1.807) is 0 Å². The zero-order chi connectivity index (χ0) is 15.7. The van der Waals surface area contributed by atoms with Crippen LogP contribution in [0, 0.1) is 17.3 Å². The van der Waals surface area contributed by atoms with E-state index >= 15 is 0 Å². The highest BCUT2D eigenvalue weighted by Gasteiger charge is 2.31. The van der Waals surface area contributed by atoms with Crippen molar-refractivity contribution in [1.29, 1.82) is 0 Å². The van der Waals surface area contributed by atoms with Gasteiger partial charge < -0.3 is 5.11 Å². The highest BCUT2D eigenvalue weighted by atomic mass is 16.3. The second-order valence-corrected chi connectivity index (χ2v) is 8.46. The van der Waals surface area contributed by atoms with E-state index in [4.69, 9.17) is 0 Å². The predicted molar refractivity (Wildman–Crippen MR) is 93.5 cm³/mol. The molecule has 1 nitrogen and oxygen atoms in total. The smallest absolute Gasteiger partial charge is 0.0568 e. The normalized spacial score (nSPS) is 25.0. The molecule has 0 aromatic heterocycles. The fourth-order valence-corrected chi connectivity index (χ4v) is 3.92. The van der Waals surface area contributed by atoms with Crippen molar-refractivity contribution in [3.8, 4) is 0 Å². The third-order valence-electron chi connectivity index (χ3n) is 5.64. The average molecular weight is 297 g/mol. The monoisotopic (exact) mass is 296 g/mol. The molecule has 1 fully saturated rings. The highest BCUT2D eigenvalue weighted by molar-refractivity contribution is 4.83. The molecule has 1 heteroatoms. The highest BCUT2D eigenvalue weighted by Crippen LogP contribution is 2.41. The van der Waals surface area contributed by atoms with Crippen LogP contribution in [0.25, 0.3) is 0 Å². The second-order valence-electron chi connectivity index (χ2n) is 8.46. The summed E-state index contributed by atoms with van der Waals surface area (Å²) >= 11 is 0. The Hall–Kier alpha value is -0.0400. The molecule has 1 rings (SSSR count). The zero-order valence-corrected chi connectivity index (χ0v) is 15.2. The minimum absolute atomic E-state index is 0.0263. The quantitative estimate of drug-likeness (QED) is 0.492. The molecule has 1 N–H and O–H groups in total. The molecule has 0 radical (unpaired) electrons. The zero-order valence-electron chi connectivity index (χ0n) is 15.2. The summed E-state index contributed by atoms with van der Waals surface area (Å²) in [4.78, 5) is 0. The van der Waals surface area contributed by atoms with Gasteiger partial charge in [0.15, 0.2) is 0 Å². The first-order chi connectivity index (χ1) is 9.95. The maximum Gasteiger partial charge on any atom is 0.0568 e. The first-order valence-corrected chi connectivity index (χ1v) is 9.63. The standard InChI is InChI=1S/C20H40O/c1-5-6-7-8-9-10-11-12-19(21)17-13-15-18(16-14-17)20(2,3)4/h17-19,21H,5-16H2,1-4H3. The minimum atomic E-state index is -0.0263. The summed E-state index contributed by atoms with van der Waals surface area (Å²) in [6, 6.07) is 0. The van der Waals surface area contributed by atoms with Crippen molar-refractivity contribution in [2.24, 2.45) is 17.3 Å². The molecule has 1 aliphatic rings. The van der Waals surface area contributed by atoms with Crippen LogP contribution >= 0.6 is 0 Å². The van der Waals surface area contributed by atoms with Crippen LogP contribution in [0.15, 0.2) is 0 Å². The molecule has 0 aliphatic heterocycles. The third-order valence-corrected chi connectivity index (χ3v) is 5.64. The van der Waals surface area contributed by atoms with Crippen molar-refractivity contribution in [3.63, 3.8) is 0 Å². The SMILES string of the molecule is CCCCCCCCCC(O)C1CCC(C(C)(C)C)CC1. The van der Waals surface area contributed by atoms with E-state index in [1.165, 1.54) is 70.6 Å². The summed E-state index contributed by atoms with van der Waals surface area (Å²) in [6.45, 7) is 9.37. The van der Waals surface area contributed by atoms with Crippen molar-refractivity contribution in [2.45, 2.75) is 111 Å². The van der Waals surface area contributed by atoms with E-state index in [0.29, 0.717) is 11.3 Å². The molecule has 1 aliphatic carbocycles. The van der Waals surface area contributed by atoms with Gasteiger partial charge in [-0.05, 0) is 49.4 Å². The Kier molecular flexibility index (Phi) is 8.94. The van der Waals surface area contributed by atoms with Gasteiger partial charge >= 0.3 is 0 Å². The molecule has 0 spiro atoms. The lowest BCUT2D eigenvalue weighted by Gasteiger charge is -2.38. The Bertz CT molecular complexity index is 245. The van der Waals surface area contributed by atoms with Crippen molar-refractivity contribution in [3.05, 3.63) is 0 Å². The van der Waals surface area contributed by atoms with Crippen LogP contribution in [0.2, 0.25) is 0 Å². The summed E-state index contributed by atoms with van der Waals surface area (Å²) in [5.74, 6) is 1.45. The van der Waals surface area contributed by atoms with Gasteiger partial charge in [-0.25, -0.2) is 0 Å². The Morgan fingerprint density at radius 1 is 0.857 bits per heavy atom. The minimum Gasteiger partial charge on any atom is -0.393 e. The summed E-state index contributed by atoms with van der Waals surface area (Å²) in [6.07, 6.45) is 15.6. The molecule has 1 atom stereocenters. The lowest BCUT2D eigenvalue weighted by Crippen LogP contribution is -2.30. The molecule has 21 heavy (non-hydrogen) atoms. The predicted octanol–water partition coefficient (Wildman–Crippen LogP) is 6.34. The maximum atomic E-state index is 10.4. The first kappa shape index (κ1) is 19.0. The van der Waals surface area contributed by atoms with Gasteiger partial charge in [0.25, 0.3) is 0 Å². The van der Waals surface area contributed by atoms with Crippen LogP contribution in [0.5, 0.6) is 0 Å². The summed E-state index contributed by atoms with van der Waals surface area (Å²) in [5.41, 5.74) is 0.453. The number of aliphatic hydroxyl groups is 1. The van der Waals surface area contributed by atoms with Crippen LogP contribution in [0.4, 0.5) is 0 Å². The summed E-state index contributed by atoms with van der Waals surface area (Å²) in [7, 11) is 0. The number of unbranched alkanes of at least 4 members (excludes halogenated alkanes) is 6. The van der Waals surface area contributed by atoms with Gasteiger partial charge in [0, 0.05) is 0 Å². The Morgan fingerprint density at radius 3 is 1.90 bits per heavy atom. The van der Waals surface area contributed by atoms with Gasteiger partial charge in [-0.2, -0.15) is 0 Å². The van der Waals surface area contributed by atoms with Crippen molar-refractivity contribution in [1.82, 2.24) is 0 Å². The molecule has 0 saturated heterocycles. The van der Waals surface area contributed by atoms with E-state index in [1.807, 2.05) is 0 Å². The van der Waals surface area contributed by atoms with Crippen LogP contribution < -0.4 is 0 Å². The molecule has 1 unspecified atom stereocenters. The Balaban J connectivity index is 2.07. The van der Waals surface area contributed by atoms with E-state index in [-0.39, 0.29) is 6.10 Å². The lowest BCUT2D eigenvalue weighted by atomic mass is 9.68. The van der Waals surface area contributed by atoms with Crippen LogP contribution in [0.3, 0.4) is 0 Å². The first-order valence-electron chi connectivity index (χ1n) is 9.63. The average Bonchev–Trinajstić information content (AvgIpc) is 2.45. The largest absolute Gasteiger partial charge is 0.393 e. The van der Waals surface area contributed by atoms with Crippen molar-refractivity contribution in [2.75, 3.05) is 0 Å². The molecule has 1 saturated carbocycles. The summed E-state index contributed by atoms with van der Waals surface area (Å²) < 4.78 is 0. The fraction of sp³-hybridized carbons (Fsp3) is 1.00. The Labute approximate surface area is 133 Å². The topological polar surface area (TPSA) is 20.2 Å².